The lowest BCUT2D eigenvalue weighted by Crippen LogP contribution is -2.41. The SMILES string of the molecule is Cc1ccc(Br)cc1NC(=O)CCNC(=O)C(C)S(=O)(=O)C(C)C. The van der Waals surface area contributed by atoms with E-state index in [-0.39, 0.29) is 18.9 Å². The minimum atomic E-state index is -3.50. The minimum Gasteiger partial charge on any atom is -0.354 e. The van der Waals surface area contributed by atoms with Gasteiger partial charge in [0.05, 0.1) is 5.25 Å². The van der Waals surface area contributed by atoms with Gasteiger partial charge in [0.25, 0.3) is 0 Å². The van der Waals surface area contributed by atoms with Gasteiger partial charge in [-0.1, -0.05) is 22.0 Å². The lowest BCUT2D eigenvalue weighted by Gasteiger charge is -2.15. The maximum absolute atomic E-state index is 11.9. The van der Waals surface area contributed by atoms with Gasteiger partial charge in [0.15, 0.2) is 9.84 Å². The highest BCUT2D eigenvalue weighted by Crippen LogP contribution is 2.20. The third kappa shape index (κ3) is 5.59. The van der Waals surface area contributed by atoms with E-state index in [1.807, 2.05) is 19.1 Å². The molecule has 0 aromatic heterocycles. The van der Waals surface area contributed by atoms with Gasteiger partial charge in [0, 0.05) is 23.1 Å². The number of hydrogen-bond donors (Lipinski definition) is 2. The molecule has 2 amide bonds. The van der Waals surface area contributed by atoms with Crippen LogP contribution in [0.5, 0.6) is 0 Å². The van der Waals surface area contributed by atoms with Crippen LogP contribution < -0.4 is 10.6 Å². The summed E-state index contributed by atoms with van der Waals surface area (Å²) in [6, 6.07) is 5.55. The van der Waals surface area contributed by atoms with E-state index < -0.39 is 26.2 Å². The number of sulfone groups is 1. The van der Waals surface area contributed by atoms with E-state index in [0.717, 1.165) is 10.0 Å². The highest BCUT2D eigenvalue weighted by Gasteiger charge is 2.30. The van der Waals surface area contributed by atoms with Crippen LogP contribution in [0.3, 0.4) is 0 Å². The molecule has 0 bridgehead atoms. The quantitative estimate of drug-likeness (QED) is 0.710. The zero-order valence-corrected chi connectivity index (χ0v) is 16.6. The molecule has 0 aliphatic rings. The van der Waals surface area contributed by atoms with Crippen LogP contribution in [0.1, 0.15) is 32.8 Å². The Morgan fingerprint density at radius 1 is 1.21 bits per heavy atom. The predicted octanol–water partition coefficient (Wildman–Crippen LogP) is 2.41. The maximum Gasteiger partial charge on any atom is 0.238 e. The van der Waals surface area contributed by atoms with Gasteiger partial charge in [0.2, 0.25) is 11.8 Å². The molecule has 134 valence electrons. The molecule has 0 saturated heterocycles. The number of rotatable bonds is 7. The molecule has 0 saturated carbocycles. The smallest absolute Gasteiger partial charge is 0.238 e. The first kappa shape index (κ1) is 20.6. The van der Waals surface area contributed by atoms with Gasteiger partial charge in [-0.05, 0) is 45.4 Å². The zero-order valence-electron chi connectivity index (χ0n) is 14.2. The molecule has 6 nitrogen and oxygen atoms in total. The molecule has 1 atom stereocenters. The van der Waals surface area contributed by atoms with E-state index in [0.29, 0.717) is 5.69 Å². The molecular formula is C16H23BrN2O4S. The van der Waals surface area contributed by atoms with Gasteiger partial charge < -0.3 is 10.6 Å². The van der Waals surface area contributed by atoms with E-state index in [9.17, 15) is 18.0 Å². The van der Waals surface area contributed by atoms with Crippen molar-refractivity contribution < 1.29 is 18.0 Å². The fraction of sp³-hybridized carbons (Fsp3) is 0.500. The van der Waals surface area contributed by atoms with E-state index in [2.05, 4.69) is 26.6 Å². The largest absolute Gasteiger partial charge is 0.354 e. The van der Waals surface area contributed by atoms with Crippen molar-refractivity contribution in [3.8, 4) is 0 Å². The van der Waals surface area contributed by atoms with Gasteiger partial charge in [-0.2, -0.15) is 0 Å². The molecule has 0 fully saturated rings. The number of carbonyl (C=O) groups is 2. The Balaban J connectivity index is 2.51. The lowest BCUT2D eigenvalue weighted by molar-refractivity contribution is -0.120. The van der Waals surface area contributed by atoms with Gasteiger partial charge in [0.1, 0.15) is 5.25 Å². The van der Waals surface area contributed by atoms with Crippen LogP contribution >= 0.6 is 15.9 Å². The molecule has 0 heterocycles. The van der Waals surface area contributed by atoms with Crippen molar-refractivity contribution >= 4 is 43.3 Å². The van der Waals surface area contributed by atoms with Crippen molar-refractivity contribution in [1.82, 2.24) is 5.32 Å². The summed E-state index contributed by atoms with van der Waals surface area (Å²) in [5, 5.41) is 3.51. The first-order valence-corrected chi connectivity index (χ1v) is 10.0. The highest BCUT2D eigenvalue weighted by molar-refractivity contribution is 9.10. The second-order valence-corrected chi connectivity index (χ2v) is 9.57. The van der Waals surface area contributed by atoms with Crippen LogP contribution in [0.25, 0.3) is 0 Å². The summed E-state index contributed by atoms with van der Waals surface area (Å²) in [6.45, 7) is 6.38. The van der Waals surface area contributed by atoms with E-state index >= 15 is 0 Å². The molecule has 0 radical (unpaired) electrons. The third-order valence-corrected chi connectivity index (χ3v) is 6.65. The fourth-order valence-corrected chi connectivity index (χ4v) is 3.50. The van der Waals surface area contributed by atoms with Crippen LogP contribution in [0.15, 0.2) is 22.7 Å². The average molecular weight is 419 g/mol. The monoisotopic (exact) mass is 418 g/mol. The maximum atomic E-state index is 11.9. The molecule has 24 heavy (non-hydrogen) atoms. The highest BCUT2D eigenvalue weighted by atomic mass is 79.9. The summed E-state index contributed by atoms with van der Waals surface area (Å²) < 4.78 is 24.7. The van der Waals surface area contributed by atoms with Crippen LogP contribution in [0, 0.1) is 6.92 Å². The zero-order chi connectivity index (χ0) is 18.5. The number of amides is 2. The number of aryl methyl sites for hydroxylation is 1. The standard InChI is InChI=1S/C16H23BrN2O4S/c1-10(2)24(22,23)12(4)16(21)18-8-7-15(20)19-14-9-13(17)6-5-11(14)3/h5-6,9-10,12H,7-8H2,1-4H3,(H,18,21)(H,19,20). The van der Waals surface area contributed by atoms with Crippen LogP contribution in [0.2, 0.25) is 0 Å². The van der Waals surface area contributed by atoms with Crippen LogP contribution in [-0.2, 0) is 19.4 Å². The summed E-state index contributed by atoms with van der Waals surface area (Å²) in [4.78, 5) is 23.8. The van der Waals surface area contributed by atoms with Crippen LogP contribution in [-0.4, -0.2) is 37.3 Å². The topological polar surface area (TPSA) is 92.3 Å². The molecule has 1 aromatic carbocycles. The fourth-order valence-electron chi connectivity index (χ4n) is 1.94. The number of carbonyl (C=O) groups excluding carboxylic acids is 2. The average Bonchev–Trinajstić information content (AvgIpc) is 2.49. The molecule has 1 rings (SSSR count). The van der Waals surface area contributed by atoms with Gasteiger partial charge in [-0.15, -0.1) is 0 Å². The van der Waals surface area contributed by atoms with Crippen molar-refractivity contribution in [1.29, 1.82) is 0 Å². The Labute approximate surface area is 151 Å². The molecule has 0 aliphatic heterocycles. The Morgan fingerprint density at radius 3 is 2.42 bits per heavy atom. The Kier molecular flexibility index (Phi) is 7.41. The lowest BCUT2D eigenvalue weighted by atomic mass is 10.2. The normalized spacial score (nSPS) is 12.8. The van der Waals surface area contributed by atoms with Crippen molar-refractivity contribution in [3.63, 3.8) is 0 Å². The summed E-state index contributed by atoms with van der Waals surface area (Å²) >= 11 is 3.34. The molecule has 1 unspecified atom stereocenters. The Morgan fingerprint density at radius 2 is 1.83 bits per heavy atom. The Bertz CT molecular complexity index is 717. The second-order valence-electron chi connectivity index (χ2n) is 5.83. The molecule has 0 aliphatic carbocycles. The molecule has 0 spiro atoms. The third-order valence-electron chi connectivity index (χ3n) is 3.64. The first-order chi connectivity index (χ1) is 11.1. The summed E-state index contributed by atoms with van der Waals surface area (Å²) in [5.41, 5.74) is 1.61. The number of anilines is 1. The van der Waals surface area contributed by atoms with E-state index in [1.54, 1.807) is 6.07 Å². The summed E-state index contributed by atoms with van der Waals surface area (Å²) in [6.07, 6.45) is 0.0616. The molecule has 1 aromatic rings. The summed E-state index contributed by atoms with van der Waals surface area (Å²) in [5.74, 6) is -0.842. The molecular weight excluding hydrogens is 396 g/mol. The van der Waals surface area contributed by atoms with Crippen molar-refractivity contribution in [2.45, 2.75) is 44.6 Å². The molecule has 8 heteroatoms. The van der Waals surface area contributed by atoms with Crippen molar-refractivity contribution in [2.75, 3.05) is 11.9 Å². The first-order valence-electron chi connectivity index (χ1n) is 7.62. The number of hydrogen-bond acceptors (Lipinski definition) is 4. The van der Waals surface area contributed by atoms with Crippen molar-refractivity contribution in [2.24, 2.45) is 0 Å². The number of benzene rings is 1. The van der Waals surface area contributed by atoms with Gasteiger partial charge in [-0.3, -0.25) is 9.59 Å². The minimum absolute atomic E-state index is 0.0616. The summed E-state index contributed by atoms with van der Waals surface area (Å²) in [7, 11) is -3.50. The number of halogens is 1. The predicted molar refractivity (Wildman–Crippen MR) is 98.7 cm³/mol. The van der Waals surface area contributed by atoms with E-state index in [1.165, 1.54) is 20.8 Å². The van der Waals surface area contributed by atoms with Crippen LogP contribution in [0.4, 0.5) is 5.69 Å². The second kappa shape index (κ2) is 8.62. The Hall–Kier alpha value is -1.41. The van der Waals surface area contributed by atoms with E-state index in [4.69, 9.17) is 0 Å². The number of nitrogens with one attached hydrogen (secondary N) is 2. The van der Waals surface area contributed by atoms with Gasteiger partial charge >= 0.3 is 0 Å². The molecule has 2 N–H and O–H groups in total. The van der Waals surface area contributed by atoms with Crippen molar-refractivity contribution in [3.05, 3.63) is 28.2 Å². The van der Waals surface area contributed by atoms with Gasteiger partial charge in [-0.25, -0.2) is 8.42 Å².